The third kappa shape index (κ3) is 3.53. The Hall–Kier alpha value is -2.76. The van der Waals surface area contributed by atoms with Gasteiger partial charge in [0.05, 0.1) is 24.1 Å². The van der Waals surface area contributed by atoms with Crippen molar-refractivity contribution in [3.05, 3.63) is 54.3 Å². The van der Waals surface area contributed by atoms with Crippen molar-refractivity contribution >= 4 is 17.8 Å². The first kappa shape index (κ1) is 15.1. The van der Waals surface area contributed by atoms with Crippen LogP contribution in [0, 0.1) is 0 Å². The fraction of sp³-hybridized carbons (Fsp3) is 0.294. The maximum absolute atomic E-state index is 12.5. The van der Waals surface area contributed by atoms with Gasteiger partial charge in [-0.05, 0) is 30.5 Å². The predicted molar refractivity (Wildman–Crippen MR) is 88.5 cm³/mol. The van der Waals surface area contributed by atoms with E-state index in [1.54, 1.807) is 36.9 Å². The van der Waals surface area contributed by atoms with Crippen molar-refractivity contribution in [3.8, 4) is 0 Å². The first-order valence-electron chi connectivity index (χ1n) is 7.66. The van der Waals surface area contributed by atoms with E-state index in [0.29, 0.717) is 5.82 Å². The van der Waals surface area contributed by atoms with Gasteiger partial charge >= 0.3 is 0 Å². The second-order valence-corrected chi connectivity index (χ2v) is 5.39. The number of hydrogen-bond acceptors (Lipinski definition) is 5. The van der Waals surface area contributed by atoms with Crippen LogP contribution >= 0.6 is 0 Å². The van der Waals surface area contributed by atoms with Gasteiger partial charge in [0.15, 0.2) is 0 Å². The van der Waals surface area contributed by atoms with Crippen LogP contribution in [-0.2, 0) is 4.79 Å². The lowest BCUT2D eigenvalue weighted by Gasteiger charge is -2.23. The molecule has 0 saturated carbocycles. The van der Waals surface area contributed by atoms with Gasteiger partial charge in [0.25, 0.3) is 0 Å². The molecule has 0 spiro atoms. The van der Waals surface area contributed by atoms with Crippen molar-refractivity contribution < 1.29 is 4.79 Å². The topological polar surface area (TPSA) is 71.0 Å². The number of nitrogens with one attached hydrogen (secondary N) is 1. The number of hydrogen-bond donors (Lipinski definition) is 1. The Morgan fingerprint density at radius 3 is 3.04 bits per heavy atom. The third-order valence-electron chi connectivity index (χ3n) is 3.89. The van der Waals surface area contributed by atoms with E-state index < -0.39 is 0 Å². The highest BCUT2D eigenvalue weighted by Crippen LogP contribution is 2.31. The Labute approximate surface area is 135 Å². The quantitative estimate of drug-likeness (QED) is 0.877. The van der Waals surface area contributed by atoms with E-state index in [-0.39, 0.29) is 11.9 Å². The third-order valence-corrected chi connectivity index (χ3v) is 3.89. The minimum Gasteiger partial charge on any atom is -0.372 e. The number of pyridine rings is 1. The van der Waals surface area contributed by atoms with Crippen LogP contribution < -0.4 is 5.32 Å². The highest BCUT2D eigenvalue weighted by molar-refractivity contribution is 5.92. The van der Waals surface area contributed by atoms with Crippen LogP contribution in [0.1, 0.15) is 30.1 Å². The van der Waals surface area contributed by atoms with Crippen LogP contribution in [0.2, 0.25) is 0 Å². The smallest absolute Gasteiger partial charge is 0.247 e. The normalized spacial score (nSPS) is 17.6. The Kier molecular flexibility index (Phi) is 4.61. The molecule has 1 atom stereocenters. The van der Waals surface area contributed by atoms with E-state index in [0.717, 1.165) is 30.6 Å². The molecule has 3 heterocycles. The van der Waals surface area contributed by atoms with Crippen molar-refractivity contribution in [2.24, 2.45) is 0 Å². The molecule has 1 aliphatic rings. The first-order chi connectivity index (χ1) is 11.3. The molecule has 3 rings (SSSR count). The summed E-state index contributed by atoms with van der Waals surface area (Å²) < 4.78 is 0. The molecular weight excluding hydrogens is 290 g/mol. The molecule has 2 aromatic heterocycles. The summed E-state index contributed by atoms with van der Waals surface area (Å²) in [5.41, 5.74) is 1.74. The first-order valence-corrected chi connectivity index (χ1v) is 7.66. The summed E-state index contributed by atoms with van der Waals surface area (Å²) in [5.74, 6) is 0.709. The summed E-state index contributed by atoms with van der Waals surface area (Å²) in [6, 6.07) is 3.75. The maximum atomic E-state index is 12.5. The van der Waals surface area contributed by atoms with Gasteiger partial charge < -0.3 is 10.2 Å². The average Bonchev–Trinajstić information content (AvgIpc) is 3.10. The van der Waals surface area contributed by atoms with E-state index in [4.69, 9.17) is 0 Å². The van der Waals surface area contributed by atoms with E-state index in [2.05, 4.69) is 20.3 Å². The second-order valence-electron chi connectivity index (χ2n) is 5.39. The van der Waals surface area contributed by atoms with E-state index in [1.807, 2.05) is 24.1 Å². The van der Waals surface area contributed by atoms with Crippen molar-refractivity contribution in [2.45, 2.75) is 18.9 Å². The zero-order chi connectivity index (χ0) is 16.1. The molecule has 1 aliphatic heterocycles. The molecule has 0 aliphatic carbocycles. The Morgan fingerprint density at radius 1 is 1.35 bits per heavy atom. The van der Waals surface area contributed by atoms with Crippen molar-refractivity contribution in [1.29, 1.82) is 0 Å². The maximum Gasteiger partial charge on any atom is 0.247 e. The lowest BCUT2D eigenvalue weighted by atomic mass is 10.1. The zero-order valence-electron chi connectivity index (χ0n) is 13.0. The van der Waals surface area contributed by atoms with Gasteiger partial charge in [-0.15, -0.1) is 0 Å². The number of amides is 1. The summed E-state index contributed by atoms with van der Waals surface area (Å²) in [4.78, 5) is 27.1. The van der Waals surface area contributed by atoms with Crippen molar-refractivity contribution in [1.82, 2.24) is 19.9 Å². The molecule has 0 bridgehead atoms. The van der Waals surface area contributed by atoms with Gasteiger partial charge in [-0.1, -0.05) is 6.07 Å². The number of likely N-dealkylation sites (tertiary alicyclic amines) is 1. The zero-order valence-corrected chi connectivity index (χ0v) is 13.0. The summed E-state index contributed by atoms with van der Waals surface area (Å²) in [6.07, 6.45) is 12.1. The minimum absolute atomic E-state index is 0.00647. The molecule has 1 fully saturated rings. The van der Waals surface area contributed by atoms with Crippen LogP contribution in [-0.4, -0.2) is 39.4 Å². The van der Waals surface area contributed by atoms with Gasteiger partial charge in [0.1, 0.15) is 5.82 Å². The van der Waals surface area contributed by atoms with Gasteiger partial charge in [-0.25, -0.2) is 4.98 Å². The van der Waals surface area contributed by atoms with Crippen molar-refractivity contribution in [2.75, 3.05) is 18.9 Å². The van der Waals surface area contributed by atoms with Gasteiger partial charge in [0.2, 0.25) is 5.91 Å². The molecule has 6 heteroatoms. The average molecular weight is 309 g/mol. The molecular formula is C17H19N5O. The second kappa shape index (κ2) is 7.00. The predicted octanol–water partition coefficient (Wildman–Crippen LogP) is 2.29. The number of nitrogens with zero attached hydrogens (tertiary/aromatic N) is 4. The van der Waals surface area contributed by atoms with Gasteiger partial charge in [-0.2, -0.15) is 0 Å². The lowest BCUT2D eigenvalue weighted by Crippen LogP contribution is -2.29. The van der Waals surface area contributed by atoms with Crippen LogP contribution in [0.25, 0.3) is 6.08 Å². The number of aromatic nitrogens is 3. The van der Waals surface area contributed by atoms with Crippen molar-refractivity contribution in [3.63, 3.8) is 0 Å². The summed E-state index contributed by atoms with van der Waals surface area (Å²) in [5, 5.41) is 2.98. The summed E-state index contributed by atoms with van der Waals surface area (Å²) >= 11 is 0. The van der Waals surface area contributed by atoms with Crippen LogP contribution in [0.5, 0.6) is 0 Å². The fourth-order valence-corrected chi connectivity index (χ4v) is 2.74. The Morgan fingerprint density at radius 2 is 2.26 bits per heavy atom. The Balaban J connectivity index is 1.75. The van der Waals surface area contributed by atoms with Gasteiger partial charge in [-0.3, -0.25) is 14.8 Å². The highest BCUT2D eigenvalue weighted by atomic mass is 16.2. The molecule has 23 heavy (non-hydrogen) atoms. The molecule has 1 saturated heterocycles. The largest absolute Gasteiger partial charge is 0.372 e. The molecule has 2 aromatic rings. The van der Waals surface area contributed by atoms with E-state index >= 15 is 0 Å². The number of carbonyl (C=O) groups is 1. The van der Waals surface area contributed by atoms with Gasteiger partial charge in [0, 0.05) is 32.1 Å². The van der Waals surface area contributed by atoms with Crippen LogP contribution in [0.3, 0.4) is 0 Å². The van der Waals surface area contributed by atoms with Crippen LogP contribution in [0.4, 0.5) is 5.82 Å². The summed E-state index contributed by atoms with van der Waals surface area (Å²) in [7, 11) is 1.81. The number of rotatable bonds is 4. The minimum atomic E-state index is -0.0122. The SMILES string of the molecule is CNc1cncc(C2CCCN2C(=O)C=Cc2cccnc2)n1. The van der Waals surface area contributed by atoms with E-state index in [1.165, 1.54) is 0 Å². The fourth-order valence-electron chi connectivity index (χ4n) is 2.74. The number of carbonyl (C=O) groups excluding carboxylic acids is 1. The monoisotopic (exact) mass is 309 g/mol. The Bertz CT molecular complexity index is 701. The lowest BCUT2D eigenvalue weighted by molar-refractivity contribution is -0.126. The molecule has 1 amide bonds. The van der Waals surface area contributed by atoms with Crippen LogP contribution in [0.15, 0.2) is 43.0 Å². The molecule has 1 unspecified atom stereocenters. The number of anilines is 1. The molecule has 0 aromatic carbocycles. The highest BCUT2D eigenvalue weighted by Gasteiger charge is 2.30. The molecule has 6 nitrogen and oxygen atoms in total. The van der Waals surface area contributed by atoms with E-state index in [9.17, 15) is 4.79 Å². The standard InChI is InChI=1S/C17H19N5O/c1-18-16-12-20-11-14(21-16)15-5-3-9-22(15)17(23)7-6-13-4-2-8-19-10-13/h2,4,6-8,10-12,15H,3,5,9H2,1H3,(H,18,21). The molecule has 1 N–H and O–H groups in total. The molecule has 0 radical (unpaired) electrons. The summed E-state index contributed by atoms with van der Waals surface area (Å²) in [6.45, 7) is 0.742. The molecule has 118 valence electrons.